The van der Waals surface area contributed by atoms with Crippen molar-refractivity contribution < 1.29 is 31.9 Å². The number of piperidine rings is 1. The van der Waals surface area contributed by atoms with Gasteiger partial charge in [-0.1, -0.05) is 30.7 Å². The third-order valence-electron chi connectivity index (χ3n) is 6.07. The number of carbonyl (C=O) groups is 2. The fraction of sp³-hybridized carbons (Fsp3) is 0.348. The molecule has 34 heavy (non-hydrogen) atoms. The number of rotatable bonds is 3. The highest BCUT2D eigenvalue weighted by molar-refractivity contribution is 6.34. The average molecular weight is 498 g/mol. The highest BCUT2D eigenvalue weighted by Gasteiger charge is 2.38. The third-order valence-corrected chi connectivity index (χ3v) is 6.39. The van der Waals surface area contributed by atoms with E-state index in [0.717, 1.165) is 16.8 Å². The Labute approximate surface area is 197 Å². The van der Waals surface area contributed by atoms with Gasteiger partial charge in [0.25, 0.3) is 5.91 Å². The van der Waals surface area contributed by atoms with Crippen molar-refractivity contribution in [1.82, 2.24) is 9.78 Å². The summed E-state index contributed by atoms with van der Waals surface area (Å²) in [4.78, 5) is 27.0. The molecular weight excluding hydrogens is 478 g/mol. The van der Waals surface area contributed by atoms with E-state index in [1.165, 1.54) is 31.4 Å². The van der Waals surface area contributed by atoms with Crippen LogP contribution < -0.4 is 4.90 Å². The summed E-state index contributed by atoms with van der Waals surface area (Å²) in [5.41, 5.74) is -1.97. The molecule has 6 nitrogen and oxygen atoms in total. The van der Waals surface area contributed by atoms with Gasteiger partial charge < -0.3 is 9.64 Å². The van der Waals surface area contributed by atoms with Crippen molar-refractivity contribution >= 4 is 40.2 Å². The molecule has 0 aliphatic carbocycles. The van der Waals surface area contributed by atoms with Crippen LogP contribution in [-0.2, 0) is 15.7 Å². The summed E-state index contributed by atoms with van der Waals surface area (Å²) in [7, 11) is 1.31. The molecule has 1 aromatic heterocycles. The van der Waals surface area contributed by atoms with Gasteiger partial charge in [-0.15, -0.1) is 5.10 Å². The second-order valence-corrected chi connectivity index (χ2v) is 8.58. The highest BCUT2D eigenvalue weighted by Crippen LogP contribution is 2.38. The zero-order chi connectivity index (χ0) is 24.8. The number of alkyl halides is 3. The van der Waals surface area contributed by atoms with Crippen LogP contribution in [0.4, 0.5) is 23.4 Å². The van der Waals surface area contributed by atoms with Gasteiger partial charge in [-0.3, -0.25) is 9.59 Å². The van der Waals surface area contributed by atoms with Crippen molar-refractivity contribution in [3.63, 3.8) is 0 Å². The zero-order valence-electron chi connectivity index (χ0n) is 18.2. The summed E-state index contributed by atoms with van der Waals surface area (Å²) in [6, 6.07) is 6.96. The van der Waals surface area contributed by atoms with Crippen LogP contribution in [0.25, 0.3) is 10.9 Å². The Balaban J connectivity index is 1.82. The largest absolute Gasteiger partial charge is 0.469 e. The number of esters is 1. The summed E-state index contributed by atoms with van der Waals surface area (Å²) < 4.78 is 61.3. The Morgan fingerprint density at radius 2 is 1.88 bits per heavy atom. The van der Waals surface area contributed by atoms with E-state index in [-0.39, 0.29) is 34.5 Å². The quantitative estimate of drug-likeness (QED) is 0.369. The standard InChI is InChI=1S/C23H20ClF4N3O3/c1-12-11-30(10-9-13(12)22(33)34-2)20-19-16(25)7-4-8-17(19)31(29-20)21(32)18-14(23(26,27)28)5-3-6-15(18)24/h3-8,12-13H,9-11H2,1-2H3/t12?,13-/m0/s1. The number of hydrogen-bond donors (Lipinski definition) is 0. The molecule has 0 saturated carbocycles. The fourth-order valence-electron chi connectivity index (χ4n) is 4.41. The van der Waals surface area contributed by atoms with Crippen LogP contribution in [0.3, 0.4) is 0 Å². The lowest BCUT2D eigenvalue weighted by Crippen LogP contribution is -2.42. The predicted molar refractivity (Wildman–Crippen MR) is 117 cm³/mol. The van der Waals surface area contributed by atoms with E-state index in [1.54, 1.807) is 4.90 Å². The van der Waals surface area contributed by atoms with Gasteiger partial charge >= 0.3 is 12.1 Å². The topological polar surface area (TPSA) is 64.4 Å². The van der Waals surface area contributed by atoms with Gasteiger partial charge in [0, 0.05) is 13.1 Å². The Morgan fingerprint density at radius 3 is 2.53 bits per heavy atom. The number of hydrogen-bond acceptors (Lipinski definition) is 5. The number of benzene rings is 2. The molecule has 2 heterocycles. The molecule has 1 aliphatic heterocycles. The van der Waals surface area contributed by atoms with Crippen molar-refractivity contribution in [2.45, 2.75) is 19.5 Å². The molecule has 0 amide bonds. The Morgan fingerprint density at radius 1 is 1.18 bits per heavy atom. The van der Waals surface area contributed by atoms with Crippen molar-refractivity contribution in [1.29, 1.82) is 0 Å². The number of nitrogens with zero attached hydrogens (tertiary/aromatic N) is 3. The van der Waals surface area contributed by atoms with Gasteiger partial charge in [0.05, 0.1) is 40.1 Å². The zero-order valence-corrected chi connectivity index (χ0v) is 19.0. The van der Waals surface area contributed by atoms with E-state index >= 15 is 0 Å². The molecule has 2 atom stereocenters. The summed E-state index contributed by atoms with van der Waals surface area (Å²) >= 11 is 6.01. The molecule has 180 valence electrons. The Bertz CT molecular complexity index is 1270. The van der Waals surface area contributed by atoms with Crippen LogP contribution in [-0.4, -0.2) is 41.9 Å². The summed E-state index contributed by atoms with van der Waals surface area (Å²) in [5, 5.41) is 3.86. The molecule has 0 radical (unpaired) electrons. The third kappa shape index (κ3) is 4.11. The van der Waals surface area contributed by atoms with E-state index in [9.17, 15) is 27.2 Å². The maximum Gasteiger partial charge on any atom is 0.417 e. The van der Waals surface area contributed by atoms with Crippen molar-refractivity contribution in [2.24, 2.45) is 11.8 Å². The number of fused-ring (bicyclic) bond motifs is 1. The molecule has 1 fully saturated rings. The number of aromatic nitrogens is 2. The van der Waals surface area contributed by atoms with Crippen molar-refractivity contribution in [3.8, 4) is 0 Å². The number of halogens is 5. The molecule has 1 unspecified atom stereocenters. The van der Waals surface area contributed by atoms with Crippen LogP contribution in [0.5, 0.6) is 0 Å². The second kappa shape index (κ2) is 8.90. The Kier molecular flexibility index (Phi) is 6.28. The minimum absolute atomic E-state index is 0.000167. The van der Waals surface area contributed by atoms with E-state index in [2.05, 4.69) is 5.10 Å². The van der Waals surface area contributed by atoms with Gasteiger partial charge in [0.1, 0.15) is 5.82 Å². The Hall–Kier alpha value is -3.14. The van der Waals surface area contributed by atoms with Gasteiger partial charge in [0.15, 0.2) is 5.82 Å². The van der Waals surface area contributed by atoms with Crippen LogP contribution in [0.2, 0.25) is 5.02 Å². The minimum Gasteiger partial charge on any atom is -0.469 e. The fourth-order valence-corrected chi connectivity index (χ4v) is 4.66. The number of ether oxygens (including phenoxy) is 1. The molecule has 1 aliphatic rings. The predicted octanol–water partition coefficient (Wildman–Crippen LogP) is 5.17. The minimum atomic E-state index is -4.84. The number of methoxy groups -OCH3 is 1. The van der Waals surface area contributed by atoms with Gasteiger partial charge in [-0.2, -0.15) is 17.9 Å². The summed E-state index contributed by atoms with van der Waals surface area (Å²) in [6.45, 7) is 2.47. The van der Waals surface area contributed by atoms with Crippen LogP contribution in [0.1, 0.15) is 29.3 Å². The first-order chi connectivity index (χ1) is 16.0. The maximum absolute atomic E-state index is 14.9. The lowest BCUT2D eigenvalue weighted by atomic mass is 9.87. The summed E-state index contributed by atoms with van der Waals surface area (Å²) in [6.07, 6.45) is -4.43. The molecule has 3 aromatic rings. The van der Waals surface area contributed by atoms with E-state index in [4.69, 9.17) is 16.3 Å². The van der Waals surface area contributed by atoms with E-state index in [1.807, 2.05) is 6.92 Å². The van der Waals surface area contributed by atoms with E-state index < -0.39 is 34.1 Å². The maximum atomic E-state index is 14.9. The first-order valence-corrected chi connectivity index (χ1v) is 10.8. The van der Waals surface area contributed by atoms with Gasteiger partial charge in [-0.05, 0) is 36.6 Å². The molecule has 11 heteroatoms. The molecule has 0 bridgehead atoms. The second-order valence-electron chi connectivity index (χ2n) is 8.18. The summed E-state index contributed by atoms with van der Waals surface area (Å²) in [5.74, 6) is -2.55. The molecule has 2 aromatic carbocycles. The first kappa shape index (κ1) is 24.0. The average Bonchev–Trinajstić information content (AvgIpc) is 3.18. The van der Waals surface area contributed by atoms with Gasteiger partial charge in [0.2, 0.25) is 0 Å². The molecule has 0 N–H and O–H groups in total. The molecule has 1 saturated heterocycles. The van der Waals surface area contributed by atoms with Crippen molar-refractivity contribution in [3.05, 3.63) is 58.4 Å². The van der Waals surface area contributed by atoms with Crippen molar-refractivity contribution in [2.75, 3.05) is 25.1 Å². The van der Waals surface area contributed by atoms with Crippen LogP contribution in [0, 0.1) is 17.7 Å². The monoisotopic (exact) mass is 497 g/mol. The van der Waals surface area contributed by atoms with E-state index in [0.29, 0.717) is 19.5 Å². The van der Waals surface area contributed by atoms with Crippen LogP contribution in [0.15, 0.2) is 36.4 Å². The lowest BCUT2D eigenvalue weighted by molar-refractivity contribution is -0.147. The highest BCUT2D eigenvalue weighted by atomic mass is 35.5. The molecule has 4 rings (SSSR count). The first-order valence-electron chi connectivity index (χ1n) is 10.4. The normalized spacial score (nSPS) is 18.9. The molecular formula is C23H20ClF4N3O3. The number of anilines is 1. The SMILES string of the molecule is COC(=O)[C@H]1CCN(c2nn(C(=O)c3c(Cl)cccc3C(F)(F)F)c3cccc(F)c23)CC1C. The number of carbonyl (C=O) groups excluding carboxylic acids is 2. The smallest absolute Gasteiger partial charge is 0.417 e. The van der Waals surface area contributed by atoms with Crippen LogP contribution >= 0.6 is 11.6 Å². The molecule has 0 spiro atoms. The van der Waals surface area contributed by atoms with Gasteiger partial charge in [-0.25, -0.2) is 4.39 Å². The lowest BCUT2D eigenvalue weighted by Gasteiger charge is -2.35.